The number of benzene rings is 1. The number of hydrogen-bond donors (Lipinski definition) is 1. The number of aryl methyl sites for hydroxylation is 1. The molecule has 0 radical (unpaired) electrons. The monoisotopic (exact) mass is 285 g/mol. The Hall–Kier alpha value is -0.820. The number of fused-ring (bicyclic) bond motifs is 3. The topological polar surface area (TPSA) is 26.0 Å². The standard InChI is InChI=1S/C20H31N/c1-18(2,3)17-6-4-16(5-7-17)8-9-19-10-13-20(21,14-11-19)15-12-19/h4-7H,8-15,21H2,1-3H3. The molecule has 3 aliphatic rings. The molecule has 0 heterocycles. The lowest BCUT2D eigenvalue weighted by molar-refractivity contribution is 0.0377. The summed E-state index contributed by atoms with van der Waals surface area (Å²) < 4.78 is 0. The zero-order chi connectivity index (χ0) is 15.1. The molecule has 1 aromatic rings. The lowest BCUT2D eigenvalue weighted by atomic mass is 9.56. The van der Waals surface area contributed by atoms with Crippen molar-refractivity contribution in [2.24, 2.45) is 11.1 Å². The second-order valence-corrected chi connectivity index (χ2v) is 8.81. The highest BCUT2D eigenvalue weighted by Gasteiger charge is 2.45. The van der Waals surface area contributed by atoms with Crippen LogP contribution >= 0.6 is 0 Å². The molecule has 0 aromatic heterocycles. The molecule has 1 heteroatoms. The van der Waals surface area contributed by atoms with Crippen molar-refractivity contribution < 1.29 is 0 Å². The van der Waals surface area contributed by atoms with Crippen molar-refractivity contribution in [2.45, 2.75) is 83.1 Å². The summed E-state index contributed by atoms with van der Waals surface area (Å²) in [5.74, 6) is 0. The van der Waals surface area contributed by atoms with Gasteiger partial charge in [-0.25, -0.2) is 0 Å². The van der Waals surface area contributed by atoms with E-state index in [0.29, 0.717) is 5.41 Å². The number of hydrogen-bond acceptors (Lipinski definition) is 1. The molecule has 0 amide bonds. The molecule has 3 saturated carbocycles. The van der Waals surface area contributed by atoms with Gasteiger partial charge in [-0.2, -0.15) is 0 Å². The molecule has 0 spiro atoms. The van der Waals surface area contributed by atoms with Crippen molar-refractivity contribution in [3.8, 4) is 0 Å². The van der Waals surface area contributed by atoms with Crippen molar-refractivity contribution in [1.29, 1.82) is 0 Å². The second kappa shape index (κ2) is 5.12. The van der Waals surface area contributed by atoms with Gasteiger partial charge < -0.3 is 5.73 Å². The van der Waals surface area contributed by atoms with Crippen LogP contribution < -0.4 is 5.73 Å². The predicted octanol–water partition coefficient (Wildman–Crippen LogP) is 4.97. The molecule has 0 unspecified atom stereocenters. The van der Waals surface area contributed by atoms with E-state index in [1.807, 2.05) is 0 Å². The first-order valence-electron chi connectivity index (χ1n) is 8.69. The van der Waals surface area contributed by atoms with Crippen LogP contribution in [0.3, 0.4) is 0 Å². The van der Waals surface area contributed by atoms with Crippen molar-refractivity contribution >= 4 is 0 Å². The van der Waals surface area contributed by atoms with Gasteiger partial charge in [0.05, 0.1) is 0 Å². The highest BCUT2D eigenvalue weighted by molar-refractivity contribution is 5.27. The Labute approximate surface area is 130 Å². The maximum absolute atomic E-state index is 6.42. The largest absolute Gasteiger partial charge is 0.325 e. The van der Waals surface area contributed by atoms with Gasteiger partial charge >= 0.3 is 0 Å². The number of nitrogens with two attached hydrogens (primary N) is 1. The van der Waals surface area contributed by atoms with Crippen LogP contribution in [0.4, 0.5) is 0 Å². The maximum atomic E-state index is 6.42. The molecule has 2 N–H and O–H groups in total. The molecule has 1 nitrogen and oxygen atoms in total. The fourth-order valence-corrected chi connectivity index (χ4v) is 4.25. The highest BCUT2D eigenvalue weighted by atomic mass is 14.8. The SMILES string of the molecule is CC(C)(C)c1ccc(CCC23CCC(N)(CC2)CC3)cc1. The van der Waals surface area contributed by atoms with E-state index >= 15 is 0 Å². The highest BCUT2D eigenvalue weighted by Crippen LogP contribution is 2.53. The Morgan fingerprint density at radius 2 is 1.43 bits per heavy atom. The minimum Gasteiger partial charge on any atom is -0.325 e. The van der Waals surface area contributed by atoms with E-state index in [9.17, 15) is 0 Å². The summed E-state index contributed by atoms with van der Waals surface area (Å²) in [6.07, 6.45) is 10.5. The van der Waals surface area contributed by atoms with E-state index in [-0.39, 0.29) is 11.0 Å². The molecule has 2 bridgehead atoms. The predicted molar refractivity (Wildman–Crippen MR) is 90.5 cm³/mol. The van der Waals surface area contributed by atoms with Crippen LogP contribution in [0.15, 0.2) is 24.3 Å². The Morgan fingerprint density at radius 1 is 0.905 bits per heavy atom. The fourth-order valence-electron chi connectivity index (χ4n) is 4.25. The fraction of sp³-hybridized carbons (Fsp3) is 0.700. The van der Waals surface area contributed by atoms with Gasteiger partial charge in [-0.15, -0.1) is 0 Å². The molecular weight excluding hydrogens is 254 g/mol. The molecule has 1 aromatic carbocycles. The first kappa shape index (κ1) is 15.1. The molecule has 116 valence electrons. The van der Waals surface area contributed by atoms with Crippen LogP contribution in [0.5, 0.6) is 0 Å². The summed E-state index contributed by atoms with van der Waals surface area (Å²) in [7, 11) is 0. The van der Waals surface area contributed by atoms with Crippen LogP contribution in [-0.2, 0) is 11.8 Å². The molecule has 4 rings (SSSR count). The van der Waals surface area contributed by atoms with Gasteiger partial charge in [-0.3, -0.25) is 0 Å². The Kier molecular flexibility index (Phi) is 3.68. The van der Waals surface area contributed by atoms with Gasteiger partial charge in [0.15, 0.2) is 0 Å². The Morgan fingerprint density at radius 3 is 1.90 bits per heavy atom. The third kappa shape index (κ3) is 3.18. The summed E-state index contributed by atoms with van der Waals surface area (Å²) in [5.41, 5.74) is 10.4. The van der Waals surface area contributed by atoms with Crippen molar-refractivity contribution in [1.82, 2.24) is 0 Å². The normalized spacial score (nSPS) is 32.4. The smallest absolute Gasteiger partial charge is 0.0155 e. The minimum absolute atomic E-state index is 0.204. The minimum atomic E-state index is 0.204. The van der Waals surface area contributed by atoms with Crippen LogP contribution in [0, 0.1) is 5.41 Å². The van der Waals surface area contributed by atoms with Crippen LogP contribution in [0.25, 0.3) is 0 Å². The van der Waals surface area contributed by atoms with E-state index in [2.05, 4.69) is 45.0 Å². The van der Waals surface area contributed by atoms with Gasteiger partial charge in [0.1, 0.15) is 0 Å². The molecule has 21 heavy (non-hydrogen) atoms. The molecule has 0 saturated heterocycles. The van der Waals surface area contributed by atoms with E-state index < -0.39 is 0 Å². The van der Waals surface area contributed by atoms with Crippen LogP contribution in [0.2, 0.25) is 0 Å². The van der Waals surface area contributed by atoms with Crippen LogP contribution in [0.1, 0.15) is 76.8 Å². The zero-order valence-corrected chi connectivity index (χ0v) is 14.0. The molecule has 3 fully saturated rings. The summed E-state index contributed by atoms with van der Waals surface area (Å²) in [6, 6.07) is 9.32. The third-order valence-electron chi connectivity index (χ3n) is 6.22. The lowest BCUT2D eigenvalue weighted by Crippen LogP contribution is -2.51. The summed E-state index contributed by atoms with van der Waals surface area (Å²) in [6.45, 7) is 6.85. The average Bonchev–Trinajstić information content (AvgIpc) is 2.46. The van der Waals surface area contributed by atoms with Crippen molar-refractivity contribution in [2.75, 3.05) is 0 Å². The molecule has 0 atom stereocenters. The van der Waals surface area contributed by atoms with E-state index in [1.54, 1.807) is 0 Å². The molecule has 0 aliphatic heterocycles. The van der Waals surface area contributed by atoms with Gasteiger partial charge in [-0.1, -0.05) is 45.0 Å². The third-order valence-corrected chi connectivity index (χ3v) is 6.22. The van der Waals surface area contributed by atoms with Gasteiger partial charge in [0, 0.05) is 5.54 Å². The Bertz CT molecular complexity index is 467. The van der Waals surface area contributed by atoms with Crippen LogP contribution in [-0.4, -0.2) is 5.54 Å². The summed E-state index contributed by atoms with van der Waals surface area (Å²) in [4.78, 5) is 0. The summed E-state index contributed by atoms with van der Waals surface area (Å²) >= 11 is 0. The first-order valence-corrected chi connectivity index (χ1v) is 8.69. The first-order chi connectivity index (χ1) is 9.80. The molecular formula is C20H31N. The lowest BCUT2D eigenvalue weighted by Gasteiger charge is -2.52. The van der Waals surface area contributed by atoms with Crippen molar-refractivity contribution in [3.05, 3.63) is 35.4 Å². The van der Waals surface area contributed by atoms with Crippen molar-refractivity contribution in [3.63, 3.8) is 0 Å². The molecule has 3 aliphatic carbocycles. The van der Waals surface area contributed by atoms with Gasteiger partial charge in [0.2, 0.25) is 0 Å². The maximum Gasteiger partial charge on any atom is 0.0155 e. The zero-order valence-electron chi connectivity index (χ0n) is 14.0. The summed E-state index contributed by atoms with van der Waals surface area (Å²) in [5, 5.41) is 0. The Balaban J connectivity index is 1.61. The van der Waals surface area contributed by atoms with Gasteiger partial charge in [0.25, 0.3) is 0 Å². The van der Waals surface area contributed by atoms with E-state index in [4.69, 9.17) is 5.73 Å². The average molecular weight is 285 g/mol. The quantitative estimate of drug-likeness (QED) is 0.834. The second-order valence-electron chi connectivity index (χ2n) is 8.81. The van der Waals surface area contributed by atoms with E-state index in [0.717, 1.165) is 0 Å². The van der Waals surface area contributed by atoms with Gasteiger partial charge in [-0.05, 0) is 73.3 Å². The van der Waals surface area contributed by atoms with E-state index in [1.165, 1.54) is 62.5 Å². The number of rotatable bonds is 3.